The van der Waals surface area contributed by atoms with E-state index in [0.29, 0.717) is 10.7 Å². The summed E-state index contributed by atoms with van der Waals surface area (Å²) in [6.45, 7) is 1.98. The molecule has 0 aliphatic heterocycles. The van der Waals surface area contributed by atoms with Gasteiger partial charge in [0.05, 0.1) is 0 Å². The Hall–Kier alpha value is -1.47. The molecule has 0 saturated carbocycles. The van der Waals surface area contributed by atoms with E-state index >= 15 is 0 Å². The average Bonchev–Trinajstić information content (AvgIpc) is 2.24. The molecule has 0 amide bonds. The lowest BCUT2D eigenvalue weighted by molar-refractivity contribution is 1.45. The highest BCUT2D eigenvalue weighted by Gasteiger charge is 2.06. The van der Waals surface area contributed by atoms with Gasteiger partial charge in [-0.3, -0.25) is 0 Å². The summed E-state index contributed by atoms with van der Waals surface area (Å²) in [5.74, 6) is 0. The molecule has 0 bridgehead atoms. The minimum absolute atomic E-state index is 0.679. The molecular weight excluding hydrogens is 206 g/mol. The van der Waals surface area contributed by atoms with E-state index in [1.807, 2.05) is 37.3 Å². The molecule has 2 heteroatoms. The second-order valence-electron chi connectivity index (χ2n) is 3.45. The predicted molar refractivity (Wildman–Crippen MR) is 64.9 cm³/mol. The Morgan fingerprint density at radius 3 is 2.73 bits per heavy atom. The summed E-state index contributed by atoms with van der Waals surface area (Å²) < 4.78 is 0. The fraction of sp³-hybridized carbons (Fsp3) is 0.0769. The molecule has 0 saturated heterocycles. The molecule has 2 rings (SSSR count). The van der Waals surface area contributed by atoms with Gasteiger partial charge < -0.3 is 5.73 Å². The van der Waals surface area contributed by atoms with Crippen molar-refractivity contribution in [3.63, 3.8) is 0 Å². The molecule has 2 aromatic rings. The van der Waals surface area contributed by atoms with Crippen LogP contribution in [-0.2, 0) is 0 Å². The first-order chi connectivity index (χ1) is 7.18. The fourth-order valence-electron chi connectivity index (χ4n) is 1.54. The lowest BCUT2D eigenvalue weighted by Gasteiger charge is -2.08. The van der Waals surface area contributed by atoms with E-state index < -0.39 is 0 Å². The number of anilines is 1. The summed E-state index contributed by atoms with van der Waals surface area (Å²) in [5.41, 5.74) is 9.54. The summed E-state index contributed by atoms with van der Waals surface area (Å²) in [4.78, 5) is 0. The van der Waals surface area contributed by atoms with Crippen molar-refractivity contribution >= 4 is 17.3 Å². The van der Waals surface area contributed by atoms with E-state index in [1.54, 1.807) is 6.07 Å². The Kier molecular flexibility index (Phi) is 2.65. The van der Waals surface area contributed by atoms with Crippen LogP contribution in [0.15, 0.2) is 36.4 Å². The van der Waals surface area contributed by atoms with Crippen LogP contribution in [0.1, 0.15) is 5.56 Å². The number of nitrogen functional groups attached to an aromatic ring is 1. The SMILES string of the molecule is Cc1c(Cl)cc(N)cc1-c1[c]cccc1. The lowest BCUT2D eigenvalue weighted by atomic mass is 10.00. The normalized spacial score (nSPS) is 10.3. The largest absolute Gasteiger partial charge is 0.399 e. The van der Waals surface area contributed by atoms with Crippen molar-refractivity contribution in [1.29, 1.82) is 0 Å². The van der Waals surface area contributed by atoms with Gasteiger partial charge in [-0.1, -0.05) is 35.9 Å². The Morgan fingerprint density at radius 1 is 1.27 bits per heavy atom. The maximum atomic E-state index is 6.08. The molecule has 15 heavy (non-hydrogen) atoms. The van der Waals surface area contributed by atoms with Crippen molar-refractivity contribution < 1.29 is 0 Å². The van der Waals surface area contributed by atoms with Gasteiger partial charge in [-0.2, -0.15) is 0 Å². The van der Waals surface area contributed by atoms with Crippen LogP contribution in [0.4, 0.5) is 5.69 Å². The lowest BCUT2D eigenvalue weighted by Crippen LogP contribution is -1.90. The van der Waals surface area contributed by atoms with Gasteiger partial charge in [0.15, 0.2) is 0 Å². The highest BCUT2D eigenvalue weighted by Crippen LogP contribution is 2.30. The zero-order valence-corrected chi connectivity index (χ0v) is 9.18. The molecule has 75 valence electrons. The van der Waals surface area contributed by atoms with E-state index in [2.05, 4.69) is 6.07 Å². The molecule has 2 aromatic carbocycles. The molecule has 2 N–H and O–H groups in total. The molecule has 0 fully saturated rings. The van der Waals surface area contributed by atoms with Crippen LogP contribution in [0.25, 0.3) is 11.1 Å². The van der Waals surface area contributed by atoms with Gasteiger partial charge in [-0.15, -0.1) is 0 Å². The highest BCUT2D eigenvalue weighted by atomic mass is 35.5. The summed E-state index contributed by atoms with van der Waals surface area (Å²) in [5, 5.41) is 0.697. The molecule has 1 nitrogen and oxygen atoms in total. The first-order valence-corrected chi connectivity index (χ1v) is 5.09. The van der Waals surface area contributed by atoms with Gasteiger partial charge in [0, 0.05) is 10.7 Å². The number of hydrogen-bond donors (Lipinski definition) is 1. The average molecular weight is 217 g/mol. The van der Waals surface area contributed by atoms with E-state index in [4.69, 9.17) is 17.3 Å². The van der Waals surface area contributed by atoms with Gasteiger partial charge in [-0.05, 0) is 41.8 Å². The zero-order chi connectivity index (χ0) is 10.8. The second kappa shape index (κ2) is 3.95. The first-order valence-electron chi connectivity index (χ1n) is 4.71. The van der Waals surface area contributed by atoms with Gasteiger partial charge in [0.1, 0.15) is 0 Å². The summed E-state index contributed by atoms with van der Waals surface area (Å²) in [6.07, 6.45) is 0. The molecule has 1 radical (unpaired) electrons. The maximum absolute atomic E-state index is 6.08. The number of benzene rings is 2. The van der Waals surface area contributed by atoms with Crippen LogP contribution in [-0.4, -0.2) is 0 Å². The Balaban J connectivity index is 2.63. The first kappa shape index (κ1) is 10.1. The highest BCUT2D eigenvalue weighted by molar-refractivity contribution is 6.32. The topological polar surface area (TPSA) is 26.0 Å². The van der Waals surface area contributed by atoms with E-state index in [9.17, 15) is 0 Å². The minimum atomic E-state index is 0.679. The third-order valence-electron chi connectivity index (χ3n) is 2.37. The predicted octanol–water partition coefficient (Wildman–Crippen LogP) is 3.70. The van der Waals surface area contributed by atoms with Crippen molar-refractivity contribution in [2.24, 2.45) is 0 Å². The van der Waals surface area contributed by atoms with Gasteiger partial charge in [0.2, 0.25) is 0 Å². The Morgan fingerprint density at radius 2 is 2.07 bits per heavy atom. The third kappa shape index (κ3) is 1.97. The standard InChI is InChI=1S/C13H11ClN/c1-9-12(7-11(15)8-13(9)14)10-5-3-2-4-6-10/h2-5,7-8H,15H2,1H3. The van der Waals surface area contributed by atoms with Crippen LogP contribution in [0, 0.1) is 13.0 Å². The van der Waals surface area contributed by atoms with Crippen LogP contribution in [0.5, 0.6) is 0 Å². The molecule has 0 spiro atoms. The number of rotatable bonds is 1. The third-order valence-corrected chi connectivity index (χ3v) is 2.76. The summed E-state index contributed by atoms with van der Waals surface area (Å²) in [7, 11) is 0. The van der Waals surface area contributed by atoms with Gasteiger partial charge >= 0.3 is 0 Å². The molecule has 0 aliphatic rings. The van der Waals surface area contributed by atoms with Crippen LogP contribution in [0.3, 0.4) is 0 Å². The Bertz CT molecular complexity index is 477. The minimum Gasteiger partial charge on any atom is -0.399 e. The smallest absolute Gasteiger partial charge is 0.0461 e. The van der Waals surface area contributed by atoms with E-state index in [0.717, 1.165) is 16.7 Å². The number of hydrogen-bond acceptors (Lipinski definition) is 1. The molecule has 0 unspecified atom stereocenters. The molecular formula is C13H11ClN. The fourth-order valence-corrected chi connectivity index (χ4v) is 1.77. The maximum Gasteiger partial charge on any atom is 0.0461 e. The van der Waals surface area contributed by atoms with Crippen LogP contribution < -0.4 is 5.73 Å². The van der Waals surface area contributed by atoms with Crippen molar-refractivity contribution in [3.05, 3.63) is 53.1 Å². The van der Waals surface area contributed by atoms with Crippen molar-refractivity contribution in [2.75, 3.05) is 5.73 Å². The van der Waals surface area contributed by atoms with Gasteiger partial charge in [0.25, 0.3) is 0 Å². The van der Waals surface area contributed by atoms with Crippen LogP contribution >= 0.6 is 11.6 Å². The van der Waals surface area contributed by atoms with Gasteiger partial charge in [-0.25, -0.2) is 0 Å². The quantitative estimate of drug-likeness (QED) is 0.723. The molecule has 0 heterocycles. The Labute approximate surface area is 94.5 Å². The van der Waals surface area contributed by atoms with Crippen molar-refractivity contribution in [1.82, 2.24) is 0 Å². The number of nitrogens with two attached hydrogens (primary N) is 1. The number of halogens is 1. The second-order valence-corrected chi connectivity index (χ2v) is 3.86. The zero-order valence-electron chi connectivity index (χ0n) is 8.42. The molecule has 0 aliphatic carbocycles. The molecule has 0 aromatic heterocycles. The summed E-state index contributed by atoms with van der Waals surface area (Å²) in [6, 6.07) is 14.6. The monoisotopic (exact) mass is 216 g/mol. The molecule has 0 atom stereocenters. The van der Waals surface area contributed by atoms with E-state index in [1.165, 1.54) is 0 Å². The van der Waals surface area contributed by atoms with Crippen LogP contribution in [0.2, 0.25) is 5.02 Å². The van der Waals surface area contributed by atoms with Crippen molar-refractivity contribution in [2.45, 2.75) is 6.92 Å². The van der Waals surface area contributed by atoms with Crippen molar-refractivity contribution in [3.8, 4) is 11.1 Å². The van der Waals surface area contributed by atoms with E-state index in [-0.39, 0.29) is 0 Å². The summed E-state index contributed by atoms with van der Waals surface area (Å²) >= 11 is 6.08.